The van der Waals surface area contributed by atoms with Crippen molar-refractivity contribution in [2.75, 3.05) is 6.61 Å². The Balaban J connectivity index is 2.08. The van der Waals surface area contributed by atoms with Crippen LogP contribution in [0.1, 0.15) is 19.5 Å². The van der Waals surface area contributed by atoms with Crippen molar-refractivity contribution in [3.63, 3.8) is 0 Å². The molecule has 3 rings (SSSR count). The molecule has 0 amide bonds. The van der Waals surface area contributed by atoms with Crippen molar-refractivity contribution in [3.05, 3.63) is 47.2 Å². The van der Waals surface area contributed by atoms with Crippen LogP contribution in [0.25, 0.3) is 16.9 Å². The molecule has 108 valence electrons. The van der Waals surface area contributed by atoms with E-state index in [-0.39, 0.29) is 0 Å². The van der Waals surface area contributed by atoms with Crippen molar-refractivity contribution >= 4 is 17.2 Å². The summed E-state index contributed by atoms with van der Waals surface area (Å²) >= 11 is 6.26. The summed E-state index contributed by atoms with van der Waals surface area (Å²) in [5, 5.41) is 5.10. The van der Waals surface area contributed by atoms with Gasteiger partial charge in [0.2, 0.25) is 0 Å². The van der Waals surface area contributed by atoms with Gasteiger partial charge in [-0.15, -0.1) is 0 Å². The minimum atomic E-state index is 0.573. The van der Waals surface area contributed by atoms with Crippen molar-refractivity contribution in [2.24, 2.45) is 0 Å². The summed E-state index contributed by atoms with van der Waals surface area (Å²) < 4.78 is 7.18. The van der Waals surface area contributed by atoms with Crippen LogP contribution in [-0.4, -0.2) is 21.2 Å². The normalized spacial score (nSPS) is 11.0. The number of rotatable bonds is 4. The second-order valence-corrected chi connectivity index (χ2v) is 5.07. The summed E-state index contributed by atoms with van der Waals surface area (Å²) in [6.07, 6.45) is 0.844. The van der Waals surface area contributed by atoms with Gasteiger partial charge in [0.1, 0.15) is 10.9 Å². The summed E-state index contributed by atoms with van der Waals surface area (Å²) in [6, 6.07) is 11.6. The number of halogens is 1. The first-order chi connectivity index (χ1) is 10.2. The van der Waals surface area contributed by atoms with Gasteiger partial charge in [-0.2, -0.15) is 5.10 Å². The van der Waals surface area contributed by atoms with E-state index in [0.717, 1.165) is 34.8 Å². The third kappa shape index (κ3) is 2.72. The largest absolute Gasteiger partial charge is 0.494 e. The Morgan fingerprint density at radius 2 is 2.05 bits per heavy atom. The first-order valence-corrected chi connectivity index (χ1v) is 7.37. The Morgan fingerprint density at radius 3 is 2.81 bits per heavy atom. The van der Waals surface area contributed by atoms with E-state index in [1.54, 1.807) is 4.52 Å². The standard InChI is InChI=1S/C16H16ClN3O/c1-3-12-9-15(17)20-16(18-12)10-14(19-20)11-6-5-7-13(8-11)21-4-2/h5-10H,3-4H2,1-2H3. The van der Waals surface area contributed by atoms with Crippen LogP contribution in [0.4, 0.5) is 0 Å². The lowest BCUT2D eigenvalue weighted by Crippen LogP contribution is -1.96. The fraction of sp³-hybridized carbons (Fsp3) is 0.250. The third-order valence-electron chi connectivity index (χ3n) is 3.24. The molecule has 0 N–H and O–H groups in total. The monoisotopic (exact) mass is 301 g/mol. The molecule has 1 aromatic carbocycles. The van der Waals surface area contributed by atoms with Gasteiger partial charge in [0.05, 0.1) is 12.3 Å². The highest BCUT2D eigenvalue weighted by molar-refractivity contribution is 6.29. The number of hydrogen-bond donors (Lipinski definition) is 0. The van der Waals surface area contributed by atoms with E-state index < -0.39 is 0 Å². The summed E-state index contributed by atoms with van der Waals surface area (Å²) in [6.45, 7) is 4.66. The minimum absolute atomic E-state index is 0.573. The zero-order valence-electron chi connectivity index (χ0n) is 12.0. The number of fused-ring (bicyclic) bond motifs is 1. The van der Waals surface area contributed by atoms with Crippen molar-refractivity contribution in [2.45, 2.75) is 20.3 Å². The second-order valence-electron chi connectivity index (χ2n) is 4.68. The van der Waals surface area contributed by atoms with E-state index in [0.29, 0.717) is 11.8 Å². The number of benzene rings is 1. The maximum absolute atomic E-state index is 6.26. The number of ether oxygens (including phenoxy) is 1. The predicted octanol–water partition coefficient (Wildman–Crippen LogP) is 4.01. The van der Waals surface area contributed by atoms with Gasteiger partial charge in [0.25, 0.3) is 0 Å². The Labute approximate surface area is 128 Å². The lowest BCUT2D eigenvalue weighted by molar-refractivity contribution is 0.340. The second kappa shape index (κ2) is 5.74. The molecule has 0 spiro atoms. The number of hydrogen-bond acceptors (Lipinski definition) is 3. The average Bonchev–Trinajstić information content (AvgIpc) is 2.92. The van der Waals surface area contributed by atoms with E-state index in [1.165, 1.54) is 0 Å². The van der Waals surface area contributed by atoms with E-state index in [4.69, 9.17) is 16.3 Å². The van der Waals surface area contributed by atoms with E-state index >= 15 is 0 Å². The Bertz CT molecular complexity index is 782. The quantitative estimate of drug-likeness (QED) is 0.684. The van der Waals surface area contributed by atoms with Crippen LogP contribution in [0, 0.1) is 0 Å². The highest BCUT2D eigenvalue weighted by Crippen LogP contribution is 2.25. The molecule has 2 heterocycles. The van der Waals surface area contributed by atoms with Crippen molar-refractivity contribution in [1.29, 1.82) is 0 Å². The first kappa shape index (κ1) is 13.9. The summed E-state index contributed by atoms with van der Waals surface area (Å²) in [5.41, 5.74) is 3.54. The molecule has 2 aromatic heterocycles. The molecule has 0 saturated carbocycles. The van der Waals surface area contributed by atoms with Gasteiger partial charge in [-0.3, -0.25) is 0 Å². The lowest BCUT2D eigenvalue weighted by Gasteiger charge is -2.03. The Hall–Kier alpha value is -2.07. The molecule has 0 radical (unpaired) electrons. The van der Waals surface area contributed by atoms with Crippen LogP contribution in [0.15, 0.2) is 36.4 Å². The third-order valence-corrected chi connectivity index (χ3v) is 3.51. The zero-order valence-corrected chi connectivity index (χ0v) is 12.8. The van der Waals surface area contributed by atoms with Gasteiger partial charge in [0.15, 0.2) is 5.65 Å². The molecule has 3 aromatic rings. The molecule has 0 fully saturated rings. The molecular weight excluding hydrogens is 286 g/mol. The fourth-order valence-corrected chi connectivity index (χ4v) is 2.47. The zero-order chi connectivity index (χ0) is 14.8. The van der Waals surface area contributed by atoms with Gasteiger partial charge in [-0.25, -0.2) is 9.50 Å². The molecule has 0 aliphatic rings. The van der Waals surface area contributed by atoms with Crippen LogP contribution in [-0.2, 0) is 6.42 Å². The molecular formula is C16H16ClN3O. The topological polar surface area (TPSA) is 39.4 Å². The fourth-order valence-electron chi connectivity index (χ4n) is 2.22. The smallest absolute Gasteiger partial charge is 0.157 e. The molecule has 0 unspecified atom stereocenters. The van der Waals surface area contributed by atoms with Crippen LogP contribution in [0.5, 0.6) is 5.75 Å². The van der Waals surface area contributed by atoms with E-state index in [9.17, 15) is 0 Å². The van der Waals surface area contributed by atoms with Gasteiger partial charge < -0.3 is 4.74 Å². The van der Waals surface area contributed by atoms with Crippen LogP contribution >= 0.6 is 11.6 Å². The van der Waals surface area contributed by atoms with Crippen LogP contribution < -0.4 is 4.74 Å². The molecule has 0 saturated heterocycles. The summed E-state index contributed by atoms with van der Waals surface area (Å²) in [5.74, 6) is 0.834. The number of aromatic nitrogens is 3. The summed E-state index contributed by atoms with van der Waals surface area (Å²) in [4.78, 5) is 4.54. The van der Waals surface area contributed by atoms with Gasteiger partial charge >= 0.3 is 0 Å². The van der Waals surface area contributed by atoms with Crippen molar-refractivity contribution in [1.82, 2.24) is 14.6 Å². The first-order valence-electron chi connectivity index (χ1n) is 6.99. The van der Waals surface area contributed by atoms with Gasteiger partial charge in [-0.1, -0.05) is 30.7 Å². The molecule has 21 heavy (non-hydrogen) atoms. The predicted molar refractivity (Wildman–Crippen MR) is 84.0 cm³/mol. The van der Waals surface area contributed by atoms with Crippen LogP contribution in [0.3, 0.4) is 0 Å². The highest BCUT2D eigenvalue weighted by atomic mass is 35.5. The van der Waals surface area contributed by atoms with Crippen LogP contribution in [0.2, 0.25) is 5.15 Å². The number of nitrogens with zero attached hydrogens (tertiary/aromatic N) is 3. The van der Waals surface area contributed by atoms with Crippen molar-refractivity contribution in [3.8, 4) is 17.0 Å². The highest BCUT2D eigenvalue weighted by Gasteiger charge is 2.10. The Kier molecular flexibility index (Phi) is 3.80. The lowest BCUT2D eigenvalue weighted by atomic mass is 10.1. The number of aryl methyl sites for hydroxylation is 1. The van der Waals surface area contributed by atoms with Gasteiger partial charge in [0, 0.05) is 17.3 Å². The van der Waals surface area contributed by atoms with Crippen molar-refractivity contribution < 1.29 is 4.74 Å². The maximum Gasteiger partial charge on any atom is 0.157 e. The summed E-state index contributed by atoms with van der Waals surface area (Å²) in [7, 11) is 0. The van der Waals surface area contributed by atoms with Gasteiger partial charge in [-0.05, 0) is 31.5 Å². The molecule has 0 aliphatic carbocycles. The molecule has 0 bridgehead atoms. The SMILES string of the molecule is CCOc1cccc(-c2cc3nc(CC)cc(Cl)n3n2)c1. The maximum atomic E-state index is 6.26. The van der Waals surface area contributed by atoms with E-state index in [2.05, 4.69) is 17.0 Å². The molecule has 0 aliphatic heterocycles. The molecule has 4 nitrogen and oxygen atoms in total. The Morgan fingerprint density at radius 1 is 1.19 bits per heavy atom. The minimum Gasteiger partial charge on any atom is -0.494 e. The van der Waals surface area contributed by atoms with E-state index in [1.807, 2.05) is 43.3 Å². The molecule has 0 atom stereocenters. The molecule has 5 heteroatoms. The average molecular weight is 302 g/mol.